The largest absolute Gasteiger partial charge is 0.362 e. The third kappa shape index (κ3) is 4.42. The molecule has 0 saturated heterocycles. The molecule has 0 unspecified atom stereocenters. The van der Waals surface area contributed by atoms with Crippen molar-refractivity contribution in [1.82, 2.24) is 10.3 Å². The Bertz CT molecular complexity index is 629. The number of hydrogen-bond donors (Lipinski definition) is 2. The van der Waals surface area contributed by atoms with Crippen molar-refractivity contribution in [3.8, 4) is 0 Å². The maximum absolute atomic E-state index is 13.4. The molecule has 2 aromatic rings. The van der Waals surface area contributed by atoms with E-state index in [0.29, 0.717) is 0 Å². The van der Waals surface area contributed by atoms with Gasteiger partial charge in [0.2, 0.25) is 5.95 Å². The maximum Gasteiger partial charge on any atom is 0.214 e. The molecule has 21 heavy (non-hydrogen) atoms. The topological polar surface area (TPSA) is 37.0 Å². The molecule has 3 nitrogen and oxygen atoms in total. The van der Waals surface area contributed by atoms with Gasteiger partial charge in [-0.3, -0.25) is 0 Å². The Labute approximate surface area is 125 Å². The number of halogens is 3. The van der Waals surface area contributed by atoms with Gasteiger partial charge in [0.15, 0.2) is 5.11 Å². The van der Waals surface area contributed by atoms with Gasteiger partial charge in [-0.1, -0.05) is 12.1 Å². The number of benzene rings is 1. The highest BCUT2D eigenvalue weighted by molar-refractivity contribution is 7.80. The normalized spacial score (nSPS) is 10.2. The Kier molecular flexibility index (Phi) is 5.10. The average molecular weight is 311 g/mol. The molecule has 0 radical (unpaired) electrons. The van der Waals surface area contributed by atoms with Gasteiger partial charge in [-0.25, -0.2) is 13.8 Å². The molecule has 1 aromatic carbocycles. The lowest BCUT2D eigenvalue weighted by atomic mass is 10.1. The van der Waals surface area contributed by atoms with Crippen LogP contribution in [0.2, 0.25) is 0 Å². The van der Waals surface area contributed by atoms with E-state index in [-0.39, 0.29) is 29.5 Å². The van der Waals surface area contributed by atoms with Crippen molar-refractivity contribution in [2.24, 2.45) is 0 Å². The molecular formula is C14H12F3N3S. The summed E-state index contributed by atoms with van der Waals surface area (Å²) in [6, 6.07) is 7.96. The van der Waals surface area contributed by atoms with Crippen LogP contribution in [0.5, 0.6) is 0 Å². The summed E-state index contributed by atoms with van der Waals surface area (Å²) in [5, 5.41) is 5.66. The van der Waals surface area contributed by atoms with Gasteiger partial charge in [0.1, 0.15) is 17.5 Å². The van der Waals surface area contributed by atoms with E-state index in [2.05, 4.69) is 15.6 Å². The highest BCUT2D eigenvalue weighted by atomic mass is 32.1. The minimum atomic E-state index is -0.628. The number of nitrogens with zero attached hydrogens (tertiary/aromatic N) is 1. The zero-order valence-electron chi connectivity index (χ0n) is 10.9. The van der Waals surface area contributed by atoms with Crippen LogP contribution >= 0.6 is 12.2 Å². The van der Waals surface area contributed by atoms with Crippen LogP contribution in [0.25, 0.3) is 0 Å². The summed E-state index contributed by atoms with van der Waals surface area (Å²) in [4.78, 5) is 3.58. The van der Waals surface area contributed by atoms with Crippen LogP contribution in [-0.4, -0.2) is 16.6 Å². The van der Waals surface area contributed by atoms with Gasteiger partial charge in [0, 0.05) is 12.1 Å². The zero-order valence-corrected chi connectivity index (χ0v) is 11.7. The van der Waals surface area contributed by atoms with Crippen molar-refractivity contribution in [3.05, 3.63) is 59.5 Å². The van der Waals surface area contributed by atoms with E-state index < -0.39 is 17.6 Å². The first-order valence-corrected chi connectivity index (χ1v) is 6.57. The van der Waals surface area contributed by atoms with Gasteiger partial charge in [0.05, 0.1) is 0 Å². The molecule has 0 fully saturated rings. The Morgan fingerprint density at radius 2 is 1.71 bits per heavy atom. The number of anilines is 1. The summed E-state index contributed by atoms with van der Waals surface area (Å²) in [7, 11) is 0. The molecule has 0 aliphatic heterocycles. The van der Waals surface area contributed by atoms with Gasteiger partial charge < -0.3 is 10.6 Å². The molecule has 1 aromatic heterocycles. The smallest absolute Gasteiger partial charge is 0.214 e. The molecule has 2 rings (SSSR count). The molecule has 0 saturated carbocycles. The van der Waals surface area contributed by atoms with Crippen LogP contribution in [0, 0.1) is 17.6 Å². The minimum Gasteiger partial charge on any atom is -0.362 e. The van der Waals surface area contributed by atoms with Crippen LogP contribution in [-0.2, 0) is 6.42 Å². The van der Waals surface area contributed by atoms with Gasteiger partial charge in [-0.15, -0.1) is 0 Å². The Morgan fingerprint density at radius 1 is 1.05 bits per heavy atom. The maximum atomic E-state index is 13.4. The van der Waals surface area contributed by atoms with E-state index in [1.807, 2.05) is 0 Å². The van der Waals surface area contributed by atoms with E-state index in [1.54, 1.807) is 6.07 Å². The number of pyridine rings is 1. The monoisotopic (exact) mass is 311 g/mol. The number of nitrogens with one attached hydrogen (secondary N) is 2. The molecule has 0 atom stereocenters. The lowest BCUT2D eigenvalue weighted by Crippen LogP contribution is -2.30. The molecule has 0 amide bonds. The summed E-state index contributed by atoms with van der Waals surface area (Å²) in [6.07, 6.45) is 0.136. The van der Waals surface area contributed by atoms with Crippen LogP contribution < -0.4 is 10.6 Å². The second kappa shape index (κ2) is 7.03. The third-order valence-corrected chi connectivity index (χ3v) is 2.93. The van der Waals surface area contributed by atoms with E-state index in [4.69, 9.17) is 12.2 Å². The SMILES string of the molecule is Fc1cccc(NC(=S)NCCc2c(F)cccc2F)n1. The number of aromatic nitrogens is 1. The fraction of sp³-hybridized carbons (Fsp3) is 0.143. The zero-order chi connectivity index (χ0) is 15.2. The number of rotatable bonds is 4. The second-order valence-electron chi connectivity index (χ2n) is 4.18. The molecule has 7 heteroatoms. The van der Waals surface area contributed by atoms with Gasteiger partial charge >= 0.3 is 0 Å². The average Bonchev–Trinajstić information content (AvgIpc) is 2.42. The van der Waals surface area contributed by atoms with E-state index in [1.165, 1.54) is 30.3 Å². The van der Waals surface area contributed by atoms with Crippen LogP contribution in [0.1, 0.15) is 5.56 Å². The highest BCUT2D eigenvalue weighted by Gasteiger charge is 2.08. The fourth-order valence-electron chi connectivity index (χ4n) is 1.71. The van der Waals surface area contributed by atoms with E-state index in [0.717, 1.165) is 0 Å². The van der Waals surface area contributed by atoms with Crippen molar-refractivity contribution in [2.75, 3.05) is 11.9 Å². The second-order valence-corrected chi connectivity index (χ2v) is 4.58. The van der Waals surface area contributed by atoms with Gasteiger partial charge in [0.25, 0.3) is 0 Å². The minimum absolute atomic E-state index is 0.00307. The van der Waals surface area contributed by atoms with Gasteiger partial charge in [-0.05, 0) is 42.9 Å². The van der Waals surface area contributed by atoms with Crippen molar-refractivity contribution >= 4 is 23.1 Å². The summed E-state index contributed by atoms with van der Waals surface area (Å²) in [6.45, 7) is 0.235. The summed E-state index contributed by atoms with van der Waals surface area (Å²) < 4.78 is 39.7. The Morgan fingerprint density at radius 3 is 2.38 bits per heavy atom. The highest BCUT2D eigenvalue weighted by Crippen LogP contribution is 2.12. The first-order valence-electron chi connectivity index (χ1n) is 6.16. The van der Waals surface area contributed by atoms with Crippen LogP contribution in [0.4, 0.5) is 19.0 Å². The predicted molar refractivity (Wildman–Crippen MR) is 78.5 cm³/mol. The molecular weight excluding hydrogens is 299 g/mol. The summed E-state index contributed by atoms with van der Waals surface area (Å²) in [5.74, 6) is -1.56. The quantitative estimate of drug-likeness (QED) is 0.672. The Hall–Kier alpha value is -2.15. The molecule has 0 bridgehead atoms. The van der Waals surface area contributed by atoms with Crippen molar-refractivity contribution in [3.63, 3.8) is 0 Å². The molecule has 110 valence electrons. The lowest BCUT2D eigenvalue weighted by Gasteiger charge is -2.10. The molecule has 0 aliphatic rings. The van der Waals surface area contributed by atoms with E-state index >= 15 is 0 Å². The van der Waals surface area contributed by atoms with Crippen LogP contribution in [0.15, 0.2) is 36.4 Å². The molecule has 0 spiro atoms. The molecule has 0 aliphatic carbocycles. The first kappa shape index (κ1) is 15.2. The molecule has 1 heterocycles. The summed E-state index contributed by atoms with van der Waals surface area (Å²) >= 11 is 4.99. The standard InChI is InChI=1S/C14H12F3N3S/c15-10-3-1-4-11(16)9(10)7-8-18-14(21)20-13-6-2-5-12(17)19-13/h1-6H,7-8H2,(H2,18,19,20,21). The fourth-order valence-corrected chi connectivity index (χ4v) is 1.92. The Balaban J connectivity index is 1.85. The summed E-state index contributed by atoms with van der Waals surface area (Å²) in [5.41, 5.74) is -0.00307. The van der Waals surface area contributed by atoms with Gasteiger partial charge in [-0.2, -0.15) is 4.39 Å². The van der Waals surface area contributed by atoms with E-state index in [9.17, 15) is 13.2 Å². The van der Waals surface area contributed by atoms with Crippen molar-refractivity contribution < 1.29 is 13.2 Å². The third-order valence-electron chi connectivity index (χ3n) is 2.68. The predicted octanol–water partition coefficient (Wildman–Crippen LogP) is 3.03. The number of thiocarbonyl (C=S) groups is 1. The van der Waals surface area contributed by atoms with Crippen molar-refractivity contribution in [1.29, 1.82) is 0 Å². The molecule has 2 N–H and O–H groups in total. The van der Waals surface area contributed by atoms with Crippen LogP contribution in [0.3, 0.4) is 0 Å². The van der Waals surface area contributed by atoms with Crippen molar-refractivity contribution in [2.45, 2.75) is 6.42 Å². The lowest BCUT2D eigenvalue weighted by molar-refractivity contribution is 0.553. The number of hydrogen-bond acceptors (Lipinski definition) is 2. The first-order chi connectivity index (χ1) is 10.1.